The Morgan fingerprint density at radius 2 is 1.89 bits per heavy atom. The van der Waals surface area contributed by atoms with Crippen LogP contribution in [0.15, 0.2) is 64.0 Å². The second kappa shape index (κ2) is 8.10. The third-order valence-corrected chi connectivity index (χ3v) is 4.46. The van der Waals surface area contributed by atoms with Gasteiger partial charge in [0.25, 0.3) is 5.56 Å². The molecule has 3 heterocycles. The predicted molar refractivity (Wildman–Crippen MR) is 104 cm³/mol. The predicted octanol–water partition coefficient (Wildman–Crippen LogP) is 1.98. The monoisotopic (exact) mass is 380 g/mol. The molecule has 2 aromatic heterocycles. The van der Waals surface area contributed by atoms with Crippen LogP contribution in [0.1, 0.15) is 0 Å². The molecule has 0 spiro atoms. The Balaban J connectivity index is 1.51. The molecule has 8 nitrogen and oxygen atoms in total. The molecule has 1 amide bonds. The minimum absolute atomic E-state index is 0.190. The number of benzene rings is 1. The number of para-hydroxylation sites is 2. The number of morpholine rings is 1. The molecule has 0 unspecified atom stereocenters. The zero-order valence-corrected chi connectivity index (χ0v) is 15.2. The summed E-state index contributed by atoms with van der Waals surface area (Å²) in [5.74, 6) is 0.207. The highest BCUT2D eigenvalue weighted by Crippen LogP contribution is 2.26. The Hall–Kier alpha value is -3.39. The van der Waals surface area contributed by atoms with E-state index in [-0.39, 0.29) is 18.0 Å². The summed E-state index contributed by atoms with van der Waals surface area (Å²) in [6, 6.07) is 14.0. The Kier molecular flexibility index (Phi) is 5.20. The first-order valence-electron chi connectivity index (χ1n) is 9.04. The van der Waals surface area contributed by atoms with Gasteiger partial charge in [-0.25, -0.2) is 4.68 Å². The largest absolute Gasteiger partial charge is 0.463 e. The van der Waals surface area contributed by atoms with Crippen molar-refractivity contribution in [2.24, 2.45) is 0 Å². The lowest BCUT2D eigenvalue weighted by Gasteiger charge is -2.30. The molecule has 3 aromatic rings. The van der Waals surface area contributed by atoms with E-state index in [0.717, 1.165) is 23.5 Å². The normalized spacial score (nSPS) is 14.1. The molecule has 0 aliphatic carbocycles. The lowest BCUT2D eigenvalue weighted by molar-refractivity contribution is -0.117. The van der Waals surface area contributed by atoms with Gasteiger partial charge in [-0.15, -0.1) is 0 Å². The average Bonchev–Trinajstić information content (AvgIpc) is 3.25. The standard InChI is InChI=1S/C20H20N4O4/c25-19(14-24-20(26)8-7-16(22-24)18-6-3-11-28-18)21-15-4-1-2-5-17(15)23-9-12-27-13-10-23/h1-8,11H,9-10,12-14H2,(H,21,25). The van der Waals surface area contributed by atoms with Crippen molar-refractivity contribution >= 4 is 17.3 Å². The van der Waals surface area contributed by atoms with Gasteiger partial charge in [0.1, 0.15) is 12.2 Å². The molecule has 1 aromatic carbocycles. The highest BCUT2D eigenvalue weighted by Gasteiger charge is 2.16. The van der Waals surface area contributed by atoms with Gasteiger partial charge in [-0.05, 0) is 30.3 Å². The van der Waals surface area contributed by atoms with Gasteiger partial charge in [-0.1, -0.05) is 12.1 Å². The molecule has 0 bridgehead atoms. The summed E-state index contributed by atoms with van der Waals surface area (Å²) in [4.78, 5) is 26.9. The van der Waals surface area contributed by atoms with Gasteiger partial charge in [0.15, 0.2) is 5.76 Å². The summed E-state index contributed by atoms with van der Waals surface area (Å²) in [7, 11) is 0. The number of hydrogen-bond donors (Lipinski definition) is 1. The van der Waals surface area contributed by atoms with E-state index in [2.05, 4.69) is 15.3 Å². The summed E-state index contributed by atoms with van der Waals surface area (Å²) in [5, 5.41) is 7.12. The number of furan rings is 1. The van der Waals surface area contributed by atoms with Crippen molar-refractivity contribution in [3.63, 3.8) is 0 Å². The fourth-order valence-electron chi connectivity index (χ4n) is 3.10. The first-order chi connectivity index (χ1) is 13.7. The minimum Gasteiger partial charge on any atom is -0.463 e. The van der Waals surface area contributed by atoms with Crippen LogP contribution in [0.2, 0.25) is 0 Å². The van der Waals surface area contributed by atoms with Gasteiger partial charge in [-0.2, -0.15) is 5.10 Å². The number of amides is 1. The number of aromatic nitrogens is 2. The Morgan fingerprint density at radius 1 is 1.07 bits per heavy atom. The van der Waals surface area contributed by atoms with E-state index in [0.29, 0.717) is 30.4 Å². The van der Waals surface area contributed by atoms with Gasteiger partial charge in [0.05, 0.1) is 30.9 Å². The number of nitrogens with one attached hydrogen (secondary N) is 1. The van der Waals surface area contributed by atoms with Gasteiger partial charge >= 0.3 is 0 Å². The number of carbonyl (C=O) groups is 1. The summed E-state index contributed by atoms with van der Waals surface area (Å²) in [6.07, 6.45) is 1.53. The lowest BCUT2D eigenvalue weighted by Crippen LogP contribution is -2.37. The quantitative estimate of drug-likeness (QED) is 0.728. The van der Waals surface area contributed by atoms with Crippen LogP contribution < -0.4 is 15.8 Å². The van der Waals surface area contributed by atoms with Gasteiger partial charge in [-0.3, -0.25) is 9.59 Å². The molecule has 1 saturated heterocycles. The van der Waals surface area contributed by atoms with E-state index in [4.69, 9.17) is 9.15 Å². The van der Waals surface area contributed by atoms with Crippen LogP contribution in [0.3, 0.4) is 0 Å². The molecule has 4 rings (SSSR count). The summed E-state index contributed by atoms with van der Waals surface area (Å²) in [5.41, 5.74) is 1.77. The van der Waals surface area contributed by atoms with Gasteiger partial charge < -0.3 is 19.4 Å². The third kappa shape index (κ3) is 3.96. The Bertz CT molecular complexity index is 1010. The molecule has 144 valence electrons. The third-order valence-electron chi connectivity index (χ3n) is 4.46. The van der Waals surface area contributed by atoms with E-state index in [9.17, 15) is 9.59 Å². The SMILES string of the molecule is O=C(Cn1nc(-c2ccco2)ccc1=O)Nc1ccccc1N1CCOCC1. The van der Waals surface area contributed by atoms with Gasteiger partial charge in [0.2, 0.25) is 5.91 Å². The highest BCUT2D eigenvalue weighted by molar-refractivity contribution is 5.94. The number of nitrogens with zero attached hydrogens (tertiary/aromatic N) is 3. The number of carbonyl (C=O) groups excluding carboxylic acids is 1. The van der Waals surface area contributed by atoms with Crippen LogP contribution in [0.25, 0.3) is 11.5 Å². The van der Waals surface area contributed by atoms with Crippen molar-refractivity contribution in [1.29, 1.82) is 0 Å². The number of rotatable bonds is 5. The zero-order valence-electron chi connectivity index (χ0n) is 15.2. The molecule has 1 aliphatic rings. The number of hydrogen-bond acceptors (Lipinski definition) is 6. The molecule has 28 heavy (non-hydrogen) atoms. The Labute approximate surface area is 161 Å². The highest BCUT2D eigenvalue weighted by atomic mass is 16.5. The molecule has 1 N–H and O–H groups in total. The molecular weight excluding hydrogens is 360 g/mol. The fourth-order valence-corrected chi connectivity index (χ4v) is 3.10. The van der Waals surface area contributed by atoms with Crippen molar-refractivity contribution in [2.45, 2.75) is 6.54 Å². The van der Waals surface area contributed by atoms with Crippen LogP contribution in [0, 0.1) is 0 Å². The van der Waals surface area contributed by atoms with Crippen molar-refractivity contribution in [2.75, 3.05) is 36.5 Å². The topological polar surface area (TPSA) is 89.6 Å². The van der Waals surface area contributed by atoms with E-state index in [1.54, 1.807) is 18.2 Å². The van der Waals surface area contributed by atoms with E-state index >= 15 is 0 Å². The van der Waals surface area contributed by atoms with Crippen LogP contribution in [0.5, 0.6) is 0 Å². The van der Waals surface area contributed by atoms with E-state index < -0.39 is 0 Å². The zero-order chi connectivity index (χ0) is 19.3. The summed E-state index contributed by atoms with van der Waals surface area (Å²) >= 11 is 0. The van der Waals surface area contributed by atoms with Crippen LogP contribution >= 0.6 is 0 Å². The average molecular weight is 380 g/mol. The van der Waals surface area contributed by atoms with Crippen LogP contribution in [0.4, 0.5) is 11.4 Å². The van der Waals surface area contributed by atoms with Crippen LogP contribution in [-0.2, 0) is 16.1 Å². The maximum atomic E-state index is 12.6. The molecule has 8 heteroatoms. The van der Waals surface area contributed by atoms with Gasteiger partial charge in [0, 0.05) is 19.2 Å². The summed E-state index contributed by atoms with van der Waals surface area (Å²) < 4.78 is 11.8. The molecule has 0 radical (unpaired) electrons. The fraction of sp³-hybridized carbons (Fsp3) is 0.250. The lowest BCUT2D eigenvalue weighted by atomic mass is 10.2. The molecular formula is C20H20N4O4. The van der Waals surface area contributed by atoms with E-state index in [1.807, 2.05) is 24.3 Å². The maximum Gasteiger partial charge on any atom is 0.267 e. The maximum absolute atomic E-state index is 12.6. The second-order valence-electron chi connectivity index (χ2n) is 6.36. The number of ether oxygens (including phenoxy) is 1. The van der Waals surface area contributed by atoms with E-state index in [1.165, 1.54) is 12.3 Å². The van der Waals surface area contributed by atoms with Crippen LogP contribution in [-0.4, -0.2) is 42.0 Å². The summed E-state index contributed by atoms with van der Waals surface area (Å²) in [6.45, 7) is 2.64. The van der Waals surface area contributed by atoms with Crippen molar-refractivity contribution in [3.8, 4) is 11.5 Å². The molecule has 0 saturated carbocycles. The first-order valence-corrected chi connectivity index (χ1v) is 9.04. The second-order valence-corrected chi connectivity index (χ2v) is 6.36. The smallest absolute Gasteiger partial charge is 0.267 e. The number of anilines is 2. The molecule has 1 aliphatic heterocycles. The van der Waals surface area contributed by atoms with Crippen molar-refractivity contribution in [3.05, 3.63) is 65.1 Å². The van der Waals surface area contributed by atoms with Crippen molar-refractivity contribution in [1.82, 2.24) is 9.78 Å². The molecule has 1 fully saturated rings. The minimum atomic E-state index is -0.355. The molecule has 0 atom stereocenters. The van der Waals surface area contributed by atoms with Crippen molar-refractivity contribution < 1.29 is 13.9 Å². The first kappa shape index (κ1) is 18.0. The Morgan fingerprint density at radius 3 is 2.68 bits per heavy atom.